The topological polar surface area (TPSA) is 72.8 Å². The zero-order valence-electron chi connectivity index (χ0n) is 9.83. The van der Waals surface area contributed by atoms with Crippen LogP contribution >= 0.6 is 0 Å². The predicted molar refractivity (Wildman–Crippen MR) is 60.0 cm³/mol. The Bertz CT molecular complexity index is 345. The van der Waals surface area contributed by atoms with Crippen molar-refractivity contribution in [2.24, 2.45) is 0 Å². The highest BCUT2D eigenvalue weighted by Crippen LogP contribution is 2.11. The third-order valence-corrected chi connectivity index (χ3v) is 2.15. The number of carbonyl (C=O) groups is 2. The summed E-state index contributed by atoms with van der Waals surface area (Å²) in [5.74, 6) is -0.936. The van der Waals surface area contributed by atoms with Crippen molar-refractivity contribution >= 4 is 11.9 Å². The number of ether oxygens (including phenoxy) is 2. The maximum absolute atomic E-state index is 11.2. The summed E-state index contributed by atoms with van der Waals surface area (Å²) in [5, 5.41) is 9.44. The average Bonchev–Trinajstić information content (AvgIpc) is 2.21. The summed E-state index contributed by atoms with van der Waals surface area (Å²) in [4.78, 5) is 22.1. The van der Waals surface area contributed by atoms with E-state index in [0.717, 1.165) is 0 Å². The van der Waals surface area contributed by atoms with Crippen molar-refractivity contribution in [1.29, 1.82) is 0 Å². The molecule has 94 valence electrons. The standard InChI is InChI=1S/C12H16O5/c1-8-7-11(17-9(2)13)5-3-10(14)4-6-12(15)16-8/h3-6,8,10-11,14H,7H2,1-2H3. The van der Waals surface area contributed by atoms with Gasteiger partial charge in [0.25, 0.3) is 0 Å². The Labute approximate surface area is 99.7 Å². The van der Waals surface area contributed by atoms with Gasteiger partial charge < -0.3 is 14.6 Å². The molecule has 0 aromatic heterocycles. The van der Waals surface area contributed by atoms with Crippen LogP contribution in [-0.4, -0.2) is 35.4 Å². The van der Waals surface area contributed by atoms with Crippen molar-refractivity contribution in [3.8, 4) is 0 Å². The molecule has 0 aromatic carbocycles. The summed E-state index contributed by atoms with van der Waals surface area (Å²) >= 11 is 0. The van der Waals surface area contributed by atoms with Gasteiger partial charge in [-0.25, -0.2) is 4.79 Å². The van der Waals surface area contributed by atoms with Crippen molar-refractivity contribution in [3.63, 3.8) is 0 Å². The molecule has 0 spiro atoms. The smallest absolute Gasteiger partial charge is 0.330 e. The van der Waals surface area contributed by atoms with Crippen LogP contribution in [-0.2, 0) is 19.1 Å². The molecule has 3 unspecified atom stereocenters. The molecule has 0 saturated heterocycles. The first-order chi connectivity index (χ1) is 7.97. The van der Waals surface area contributed by atoms with E-state index < -0.39 is 24.1 Å². The molecule has 5 nitrogen and oxygen atoms in total. The third-order valence-electron chi connectivity index (χ3n) is 2.15. The van der Waals surface area contributed by atoms with Crippen LogP contribution in [0, 0.1) is 0 Å². The molecule has 3 atom stereocenters. The van der Waals surface area contributed by atoms with Gasteiger partial charge in [-0.2, -0.15) is 0 Å². The molecule has 0 amide bonds. The number of carbonyl (C=O) groups excluding carboxylic acids is 2. The van der Waals surface area contributed by atoms with Crippen LogP contribution in [0.5, 0.6) is 0 Å². The number of cyclic esters (lactones) is 1. The first-order valence-electron chi connectivity index (χ1n) is 5.40. The van der Waals surface area contributed by atoms with Crippen molar-refractivity contribution < 1.29 is 24.2 Å². The van der Waals surface area contributed by atoms with Gasteiger partial charge in [0.1, 0.15) is 12.2 Å². The van der Waals surface area contributed by atoms with E-state index >= 15 is 0 Å². The van der Waals surface area contributed by atoms with Crippen molar-refractivity contribution in [2.45, 2.75) is 38.6 Å². The second-order valence-electron chi connectivity index (χ2n) is 3.87. The molecule has 1 heterocycles. The summed E-state index contributed by atoms with van der Waals surface area (Å²) in [6, 6.07) is 0. The molecular formula is C12H16O5. The highest BCUT2D eigenvalue weighted by molar-refractivity contribution is 5.82. The molecule has 1 aliphatic heterocycles. The minimum Gasteiger partial charge on any atom is -0.459 e. The number of aliphatic hydroxyl groups excluding tert-OH is 1. The van der Waals surface area contributed by atoms with E-state index in [1.165, 1.54) is 25.2 Å². The lowest BCUT2D eigenvalue weighted by molar-refractivity contribution is -0.148. The third kappa shape index (κ3) is 5.31. The van der Waals surface area contributed by atoms with E-state index in [1.807, 2.05) is 0 Å². The Hall–Kier alpha value is -1.62. The summed E-state index contributed by atoms with van der Waals surface area (Å²) in [6.07, 6.45) is 4.14. The lowest BCUT2D eigenvalue weighted by Gasteiger charge is -2.19. The number of hydrogen-bond acceptors (Lipinski definition) is 5. The Balaban J connectivity index is 2.78. The van der Waals surface area contributed by atoms with Crippen molar-refractivity contribution in [2.75, 3.05) is 0 Å². The van der Waals surface area contributed by atoms with Crippen LogP contribution in [0.3, 0.4) is 0 Å². The number of esters is 2. The van der Waals surface area contributed by atoms with Crippen LogP contribution in [0.4, 0.5) is 0 Å². The normalized spacial score (nSPS) is 29.6. The molecule has 5 heteroatoms. The van der Waals surface area contributed by atoms with Crippen molar-refractivity contribution in [3.05, 3.63) is 24.3 Å². The monoisotopic (exact) mass is 240 g/mol. The summed E-state index contributed by atoms with van der Waals surface area (Å²) in [6.45, 7) is 3.02. The number of rotatable bonds is 1. The van der Waals surface area contributed by atoms with Crippen LogP contribution in [0.2, 0.25) is 0 Å². The molecule has 0 aliphatic carbocycles. The van der Waals surface area contributed by atoms with E-state index in [0.29, 0.717) is 6.42 Å². The van der Waals surface area contributed by atoms with Gasteiger partial charge in [-0.05, 0) is 19.1 Å². The Morgan fingerprint density at radius 1 is 1.47 bits per heavy atom. The van der Waals surface area contributed by atoms with E-state index in [-0.39, 0.29) is 6.10 Å². The fraction of sp³-hybridized carbons (Fsp3) is 0.500. The van der Waals surface area contributed by atoms with Gasteiger partial charge in [-0.3, -0.25) is 4.79 Å². The Kier molecular flexibility index (Phi) is 4.90. The fourth-order valence-electron chi connectivity index (χ4n) is 1.47. The molecule has 0 bridgehead atoms. The van der Waals surface area contributed by atoms with Crippen LogP contribution in [0.1, 0.15) is 20.3 Å². The van der Waals surface area contributed by atoms with E-state index in [1.54, 1.807) is 13.0 Å². The summed E-state index contributed by atoms with van der Waals surface area (Å²) in [7, 11) is 0. The van der Waals surface area contributed by atoms with Gasteiger partial charge in [0.15, 0.2) is 0 Å². The van der Waals surface area contributed by atoms with Crippen LogP contribution in [0.15, 0.2) is 24.3 Å². The quantitative estimate of drug-likeness (QED) is 0.540. The minimum atomic E-state index is -0.894. The molecule has 17 heavy (non-hydrogen) atoms. The zero-order chi connectivity index (χ0) is 12.8. The number of aliphatic hydroxyl groups is 1. The highest BCUT2D eigenvalue weighted by Gasteiger charge is 2.17. The zero-order valence-corrected chi connectivity index (χ0v) is 9.83. The predicted octanol–water partition coefficient (Wildman–Crippen LogP) is 0.727. The fourth-order valence-corrected chi connectivity index (χ4v) is 1.47. The van der Waals surface area contributed by atoms with Gasteiger partial charge >= 0.3 is 11.9 Å². The van der Waals surface area contributed by atoms with Gasteiger partial charge in [-0.1, -0.05) is 6.08 Å². The van der Waals surface area contributed by atoms with Gasteiger partial charge in [-0.15, -0.1) is 0 Å². The summed E-state index contributed by atoms with van der Waals surface area (Å²) < 4.78 is 10.0. The minimum absolute atomic E-state index is 0.363. The van der Waals surface area contributed by atoms with Gasteiger partial charge in [0.05, 0.1) is 6.10 Å². The van der Waals surface area contributed by atoms with Crippen molar-refractivity contribution in [1.82, 2.24) is 0 Å². The maximum Gasteiger partial charge on any atom is 0.330 e. The molecule has 1 aliphatic rings. The molecule has 0 aromatic rings. The first kappa shape index (κ1) is 13.4. The lowest BCUT2D eigenvalue weighted by Crippen LogP contribution is -2.24. The molecule has 1 N–H and O–H groups in total. The molecule has 0 radical (unpaired) electrons. The number of hydrogen-bond donors (Lipinski definition) is 1. The van der Waals surface area contributed by atoms with Crippen LogP contribution < -0.4 is 0 Å². The van der Waals surface area contributed by atoms with Gasteiger partial charge in [0.2, 0.25) is 0 Å². The van der Waals surface area contributed by atoms with E-state index in [4.69, 9.17) is 9.47 Å². The summed E-state index contributed by atoms with van der Waals surface area (Å²) in [5.41, 5.74) is 0. The largest absolute Gasteiger partial charge is 0.459 e. The second-order valence-corrected chi connectivity index (χ2v) is 3.87. The van der Waals surface area contributed by atoms with Crippen LogP contribution in [0.25, 0.3) is 0 Å². The molecule has 1 rings (SSSR count). The average molecular weight is 240 g/mol. The lowest BCUT2D eigenvalue weighted by atomic mass is 10.1. The first-order valence-corrected chi connectivity index (χ1v) is 5.40. The molecule has 0 fully saturated rings. The van der Waals surface area contributed by atoms with Gasteiger partial charge in [0, 0.05) is 19.4 Å². The second kappa shape index (κ2) is 6.20. The highest BCUT2D eigenvalue weighted by atomic mass is 16.6. The Morgan fingerprint density at radius 2 is 2.18 bits per heavy atom. The van der Waals surface area contributed by atoms with E-state index in [9.17, 15) is 14.7 Å². The molecular weight excluding hydrogens is 224 g/mol. The SMILES string of the molecule is CC(=O)OC1C=CC(O)C=CC(=O)OC(C)C1. The van der Waals surface area contributed by atoms with E-state index in [2.05, 4.69) is 0 Å². The Morgan fingerprint density at radius 3 is 2.82 bits per heavy atom. The molecule has 0 saturated carbocycles. The maximum atomic E-state index is 11.2.